The van der Waals surface area contributed by atoms with Crippen LogP contribution < -0.4 is 5.30 Å². The maximum absolute atomic E-state index is 10.6. The molecule has 0 saturated carbocycles. The molecular weight excluding hydrogens is 257 g/mol. The number of rotatable bonds is 4. The van der Waals surface area contributed by atoms with E-state index in [1.807, 2.05) is 18.2 Å². The van der Waals surface area contributed by atoms with Gasteiger partial charge in [0.1, 0.15) is 0 Å². The number of hydrogen-bond acceptors (Lipinski definition) is 2. The molecule has 0 bridgehead atoms. The minimum absolute atomic E-state index is 0.152. The van der Waals surface area contributed by atoms with Gasteiger partial charge in [-0.1, -0.05) is 18.2 Å². The van der Waals surface area contributed by atoms with E-state index in [0.29, 0.717) is 0 Å². The molecule has 2 aromatic rings. The lowest BCUT2D eigenvalue weighted by Gasteiger charge is -2.17. The first-order chi connectivity index (χ1) is 8.99. The predicted octanol–water partition coefficient (Wildman–Crippen LogP) is 3.70. The molecule has 0 aromatic heterocycles. The first kappa shape index (κ1) is 13.7. The topological polar surface area (TPSA) is 43.1 Å². The fourth-order valence-corrected chi connectivity index (χ4v) is 4.39. The Morgan fingerprint density at radius 1 is 1.00 bits per heavy atom. The summed E-state index contributed by atoms with van der Waals surface area (Å²) in [6.07, 6.45) is 0.967. The highest BCUT2D eigenvalue weighted by atomic mass is 31.2. The number of nitrogens with zero attached hydrogens (tertiary/aromatic N) is 1. The van der Waals surface area contributed by atoms with E-state index in [1.54, 1.807) is 12.1 Å². The second-order valence-electron chi connectivity index (χ2n) is 5.10. The summed E-state index contributed by atoms with van der Waals surface area (Å²) in [6, 6.07) is 17.4. The van der Waals surface area contributed by atoms with Crippen LogP contribution >= 0.6 is 7.26 Å². The molecule has 0 aliphatic rings. The molecule has 0 spiro atoms. The van der Waals surface area contributed by atoms with Crippen LogP contribution in [0, 0.1) is 10.1 Å². The van der Waals surface area contributed by atoms with E-state index in [1.165, 1.54) is 5.30 Å². The Bertz CT molecular complexity index is 564. The molecule has 0 saturated heterocycles. The van der Waals surface area contributed by atoms with Crippen molar-refractivity contribution in [3.8, 4) is 0 Å². The van der Waals surface area contributed by atoms with Gasteiger partial charge in [-0.3, -0.25) is 10.1 Å². The Morgan fingerprint density at radius 3 is 2.11 bits per heavy atom. The minimum atomic E-state index is -1.23. The van der Waals surface area contributed by atoms with E-state index in [2.05, 4.69) is 37.6 Å². The molecule has 19 heavy (non-hydrogen) atoms. The first-order valence-electron chi connectivity index (χ1n) is 6.11. The normalized spacial score (nSPS) is 11.3. The summed E-state index contributed by atoms with van der Waals surface area (Å²) >= 11 is 0. The van der Waals surface area contributed by atoms with Crippen LogP contribution in [0.2, 0.25) is 0 Å². The molecule has 3 nitrogen and oxygen atoms in total. The molecule has 2 rings (SSSR count). The average Bonchev–Trinajstić information content (AvgIpc) is 2.40. The second-order valence-corrected chi connectivity index (χ2v) is 9.30. The van der Waals surface area contributed by atoms with Crippen molar-refractivity contribution in [1.29, 1.82) is 0 Å². The number of nitro benzene ring substituents is 1. The summed E-state index contributed by atoms with van der Waals surface area (Å²) in [5.41, 5.74) is 1.31. The highest BCUT2D eigenvalue weighted by molar-refractivity contribution is 7.80. The molecule has 0 heterocycles. The molecular formula is C15H17NO2P+. The molecule has 0 aliphatic heterocycles. The molecule has 0 atom stereocenters. The SMILES string of the molecule is C[P+](C)(Cc1ccc([N+](=O)[O-])cc1)c1ccccc1. The Morgan fingerprint density at radius 2 is 1.58 bits per heavy atom. The highest BCUT2D eigenvalue weighted by Gasteiger charge is 2.28. The minimum Gasteiger partial charge on any atom is -0.258 e. The van der Waals surface area contributed by atoms with Gasteiger partial charge in [0.2, 0.25) is 0 Å². The van der Waals surface area contributed by atoms with E-state index in [0.717, 1.165) is 11.7 Å². The van der Waals surface area contributed by atoms with Crippen molar-refractivity contribution in [3.05, 3.63) is 70.3 Å². The third kappa shape index (κ3) is 3.39. The van der Waals surface area contributed by atoms with E-state index in [4.69, 9.17) is 0 Å². The van der Waals surface area contributed by atoms with Crippen LogP contribution in [0.5, 0.6) is 0 Å². The molecule has 4 heteroatoms. The van der Waals surface area contributed by atoms with Gasteiger partial charge in [-0.15, -0.1) is 0 Å². The summed E-state index contributed by atoms with van der Waals surface area (Å²) in [5.74, 6) is 0. The van der Waals surface area contributed by atoms with Crippen molar-refractivity contribution >= 4 is 18.3 Å². The molecule has 0 unspecified atom stereocenters. The average molecular weight is 274 g/mol. The molecule has 0 radical (unpaired) electrons. The monoisotopic (exact) mass is 274 g/mol. The van der Waals surface area contributed by atoms with Gasteiger partial charge in [0.25, 0.3) is 5.69 Å². The van der Waals surface area contributed by atoms with Crippen molar-refractivity contribution < 1.29 is 4.92 Å². The fraction of sp³-hybridized carbons (Fsp3) is 0.200. The third-order valence-corrected chi connectivity index (χ3v) is 6.03. The Kier molecular flexibility index (Phi) is 3.96. The molecule has 2 aromatic carbocycles. The van der Waals surface area contributed by atoms with Crippen molar-refractivity contribution in [2.24, 2.45) is 0 Å². The van der Waals surface area contributed by atoms with Crippen molar-refractivity contribution in [2.75, 3.05) is 13.3 Å². The summed E-state index contributed by atoms with van der Waals surface area (Å²) in [7, 11) is -1.23. The quantitative estimate of drug-likeness (QED) is 0.484. The first-order valence-corrected chi connectivity index (χ1v) is 8.98. The molecule has 98 valence electrons. The number of nitro groups is 1. The van der Waals surface area contributed by atoms with Gasteiger partial charge in [0.05, 0.1) is 29.7 Å². The van der Waals surface area contributed by atoms with Gasteiger partial charge in [0, 0.05) is 19.4 Å². The zero-order valence-electron chi connectivity index (χ0n) is 11.1. The Labute approximate surface area is 113 Å². The van der Waals surface area contributed by atoms with Crippen LogP contribution in [0.15, 0.2) is 54.6 Å². The summed E-state index contributed by atoms with van der Waals surface area (Å²) < 4.78 is 0. The van der Waals surface area contributed by atoms with Crippen LogP contribution in [0.1, 0.15) is 5.56 Å². The van der Waals surface area contributed by atoms with Crippen molar-refractivity contribution in [2.45, 2.75) is 6.16 Å². The van der Waals surface area contributed by atoms with Crippen LogP contribution in [0.3, 0.4) is 0 Å². The fourth-order valence-electron chi connectivity index (χ4n) is 2.10. The lowest BCUT2D eigenvalue weighted by atomic mass is 10.2. The van der Waals surface area contributed by atoms with E-state index in [9.17, 15) is 10.1 Å². The van der Waals surface area contributed by atoms with Crippen molar-refractivity contribution in [1.82, 2.24) is 0 Å². The summed E-state index contributed by atoms with van der Waals surface area (Å²) in [5, 5.41) is 12.0. The van der Waals surface area contributed by atoms with Gasteiger partial charge < -0.3 is 0 Å². The molecule has 0 N–H and O–H groups in total. The third-order valence-electron chi connectivity index (χ3n) is 3.18. The lowest BCUT2D eigenvalue weighted by Crippen LogP contribution is -2.10. The van der Waals surface area contributed by atoms with Gasteiger partial charge in [0.15, 0.2) is 0 Å². The summed E-state index contributed by atoms with van der Waals surface area (Å²) in [6.45, 7) is 4.59. The van der Waals surface area contributed by atoms with Gasteiger partial charge in [-0.2, -0.15) is 0 Å². The van der Waals surface area contributed by atoms with Crippen LogP contribution in [-0.2, 0) is 6.16 Å². The maximum Gasteiger partial charge on any atom is 0.269 e. The van der Waals surface area contributed by atoms with E-state index >= 15 is 0 Å². The standard InChI is InChI=1S/C15H17NO2P/c1-19(2,15-6-4-3-5-7-15)12-13-8-10-14(11-9-13)16(17)18/h3-11H,12H2,1-2H3/q+1. The van der Waals surface area contributed by atoms with Gasteiger partial charge in [-0.25, -0.2) is 0 Å². The van der Waals surface area contributed by atoms with Gasteiger partial charge in [-0.05, 0) is 29.8 Å². The maximum atomic E-state index is 10.6. The number of hydrogen-bond donors (Lipinski definition) is 0. The Balaban J connectivity index is 2.18. The molecule has 0 amide bonds. The molecule has 0 fully saturated rings. The van der Waals surface area contributed by atoms with Gasteiger partial charge >= 0.3 is 0 Å². The zero-order chi connectivity index (χ0) is 13.9. The van der Waals surface area contributed by atoms with E-state index in [-0.39, 0.29) is 10.6 Å². The van der Waals surface area contributed by atoms with E-state index < -0.39 is 7.26 Å². The van der Waals surface area contributed by atoms with Crippen LogP contribution in [-0.4, -0.2) is 18.3 Å². The smallest absolute Gasteiger partial charge is 0.258 e. The molecule has 0 aliphatic carbocycles. The lowest BCUT2D eigenvalue weighted by molar-refractivity contribution is -0.384. The van der Waals surface area contributed by atoms with Crippen LogP contribution in [0.25, 0.3) is 0 Å². The zero-order valence-corrected chi connectivity index (χ0v) is 12.0. The predicted molar refractivity (Wildman–Crippen MR) is 81.6 cm³/mol. The van der Waals surface area contributed by atoms with Crippen LogP contribution in [0.4, 0.5) is 5.69 Å². The van der Waals surface area contributed by atoms with Crippen molar-refractivity contribution in [3.63, 3.8) is 0 Å². The second kappa shape index (κ2) is 5.50. The highest BCUT2D eigenvalue weighted by Crippen LogP contribution is 2.52. The Hall–Kier alpha value is -1.73. The largest absolute Gasteiger partial charge is 0.269 e. The summed E-state index contributed by atoms with van der Waals surface area (Å²) in [4.78, 5) is 10.3. The number of benzene rings is 2. The number of non-ortho nitro benzene ring substituents is 1.